The van der Waals surface area contributed by atoms with Crippen LogP contribution in [0, 0.1) is 0 Å². The number of hydrogen-bond acceptors (Lipinski definition) is 3. The van der Waals surface area contributed by atoms with Gasteiger partial charge in [-0.2, -0.15) is 5.10 Å². The fourth-order valence-electron chi connectivity index (χ4n) is 5.63. The van der Waals surface area contributed by atoms with E-state index in [1.54, 1.807) is 0 Å². The van der Waals surface area contributed by atoms with Crippen LogP contribution >= 0.6 is 0 Å². The molecule has 5 heteroatoms. The highest BCUT2D eigenvalue weighted by Crippen LogP contribution is 2.42. The van der Waals surface area contributed by atoms with Gasteiger partial charge >= 0.3 is 5.97 Å². The van der Waals surface area contributed by atoms with Gasteiger partial charge in [0.15, 0.2) is 0 Å². The minimum Gasteiger partial charge on any atom is -0.481 e. The van der Waals surface area contributed by atoms with E-state index in [4.69, 9.17) is 5.11 Å². The molecule has 3 aromatic carbocycles. The highest BCUT2D eigenvalue weighted by atomic mass is 16.4. The summed E-state index contributed by atoms with van der Waals surface area (Å²) in [7, 11) is 0. The molecule has 0 saturated heterocycles. The number of anilines is 1. The number of hydrogen-bond donors (Lipinski definition) is 1. The Labute approximate surface area is 225 Å². The van der Waals surface area contributed by atoms with E-state index in [2.05, 4.69) is 111 Å². The van der Waals surface area contributed by atoms with Crippen molar-refractivity contribution in [3.63, 3.8) is 0 Å². The van der Waals surface area contributed by atoms with Crippen molar-refractivity contribution in [3.8, 4) is 11.1 Å². The van der Waals surface area contributed by atoms with Gasteiger partial charge in [-0.3, -0.25) is 9.48 Å². The molecular weight excluding hydrogens is 470 g/mol. The van der Waals surface area contributed by atoms with Crippen molar-refractivity contribution in [3.05, 3.63) is 107 Å². The minimum atomic E-state index is -0.764. The predicted octanol–water partition coefficient (Wildman–Crippen LogP) is 7.25. The quantitative estimate of drug-likeness (QED) is 0.273. The monoisotopic (exact) mass is 507 g/mol. The normalized spacial score (nSPS) is 17.0. The molecule has 4 aromatic rings. The third-order valence-electron chi connectivity index (χ3n) is 7.78. The molecule has 2 unspecified atom stereocenters. The Hall–Kier alpha value is -3.86. The molecule has 0 spiro atoms. The van der Waals surface area contributed by atoms with Crippen LogP contribution in [-0.4, -0.2) is 26.9 Å². The number of carboxylic acid groups (broad SMARTS) is 1. The van der Waals surface area contributed by atoms with Gasteiger partial charge in [-0.1, -0.05) is 68.4 Å². The summed E-state index contributed by atoms with van der Waals surface area (Å²) in [5.41, 5.74) is 9.88. The van der Waals surface area contributed by atoms with Gasteiger partial charge < -0.3 is 10.0 Å². The number of carbonyl (C=O) groups is 1. The van der Waals surface area contributed by atoms with Crippen LogP contribution in [0.2, 0.25) is 0 Å². The third kappa shape index (κ3) is 5.24. The molecule has 2 atom stereocenters. The van der Waals surface area contributed by atoms with Crippen LogP contribution in [-0.2, 0) is 24.2 Å². The molecule has 1 N–H and O–H groups in total. The van der Waals surface area contributed by atoms with Gasteiger partial charge in [-0.15, -0.1) is 0 Å². The lowest BCUT2D eigenvalue weighted by Gasteiger charge is -2.44. The molecule has 0 radical (unpaired) electrons. The zero-order valence-corrected chi connectivity index (χ0v) is 22.8. The first-order chi connectivity index (χ1) is 18.3. The maximum atomic E-state index is 11.1. The van der Waals surface area contributed by atoms with Crippen molar-refractivity contribution < 1.29 is 9.90 Å². The number of rotatable bonds is 8. The van der Waals surface area contributed by atoms with Crippen molar-refractivity contribution in [2.45, 2.75) is 71.5 Å². The summed E-state index contributed by atoms with van der Waals surface area (Å²) < 4.78 is 1.97. The van der Waals surface area contributed by atoms with Crippen molar-refractivity contribution in [1.29, 1.82) is 0 Å². The molecule has 0 aliphatic carbocycles. The number of aliphatic carboxylic acids is 1. The van der Waals surface area contributed by atoms with E-state index in [0.29, 0.717) is 18.4 Å². The molecule has 0 fully saturated rings. The Morgan fingerprint density at radius 2 is 1.76 bits per heavy atom. The van der Waals surface area contributed by atoms with Crippen LogP contribution in [0.5, 0.6) is 0 Å². The zero-order valence-electron chi connectivity index (χ0n) is 22.8. The first-order valence-electron chi connectivity index (χ1n) is 13.7. The van der Waals surface area contributed by atoms with Crippen LogP contribution < -0.4 is 4.90 Å². The summed E-state index contributed by atoms with van der Waals surface area (Å²) in [5, 5.41) is 13.6. The van der Waals surface area contributed by atoms with Crippen molar-refractivity contribution in [2.24, 2.45) is 0 Å². The Morgan fingerprint density at radius 3 is 2.39 bits per heavy atom. The molecule has 5 nitrogen and oxygen atoms in total. The lowest BCUT2D eigenvalue weighted by molar-refractivity contribution is -0.136. The summed E-state index contributed by atoms with van der Waals surface area (Å²) in [6.07, 6.45) is 5.72. The second kappa shape index (κ2) is 10.9. The molecule has 1 aliphatic heterocycles. The first kappa shape index (κ1) is 25.8. The smallest absolute Gasteiger partial charge is 0.303 e. The number of aryl methyl sites for hydroxylation is 2. The van der Waals surface area contributed by atoms with E-state index in [0.717, 1.165) is 24.1 Å². The first-order valence-corrected chi connectivity index (χ1v) is 13.7. The van der Waals surface area contributed by atoms with Gasteiger partial charge in [0.2, 0.25) is 0 Å². The molecule has 1 aromatic heterocycles. The second-order valence-electron chi connectivity index (χ2n) is 10.7. The molecule has 0 saturated carbocycles. The standard InChI is InChI=1S/C33H37N3O2/c1-5-35-21-29(20-34-35)27-13-16-31-28(19-27)18-23(4)36(30-14-11-25(12-15-30)22(2)3)33(31)26-9-6-24(7-10-26)8-17-32(37)38/h6-7,9-16,19-23,33H,5,8,17-18H2,1-4H3,(H,37,38). The summed E-state index contributed by atoms with van der Waals surface area (Å²) in [6.45, 7) is 9.73. The second-order valence-corrected chi connectivity index (χ2v) is 10.7. The average molecular weight is 508 g/mol. The van der Waals surface area contributed by atoms with E-state index < -0.39 is 5.97 Å². The molecule has 1 aliphatic rings. The molecule has 196 valence electrons. The van der Waals surface area contributed by atoms with Crippen LogP contribution in [0.15, 0.2) is 79.1 Å². The van der Waals surface area contributed by atoms with Gasteiger partial charge in [0.1, 0.15) is 0 Å². The number of nitrogens with zero attached hydrogens (tertiary/aromatic N) is 3. The minimum absolute atomic E-state index is 0.0691. The highest BCUT2D eigenvalue weighted by Gasteiger charge is 2.33. The third-order valence-corrected chi connectivity index (χ3v) is 7.78. The lowest BCUT2D eigenvalue weighted by atomic mass is 9.83. The van der Waals surface area contributed by atoms with Gasteiger partial charge in [0.05, 0.1) is 12.2 Å². The number of benzene rings is 3. The Bertz CT molecular complexity index is 1400. The summed E-state index contributed by atoms with van der Waals surface area (Å²) in [6, 6.07) is 24.8. The topological polar surface area (TPSA) is 58.4 Å². The largest absolute Gasteiger partial charge is 0.481 e. The molecular formula is C33H37N3O2. The number of carboxylic acids is 1. The predicted molar refractivity (Wildman–Crippen MR) is 154 cm³/mol. The highest BCUT2D eigenvalue weighted by molar-refractivity contribution is 5.67. The zero-order chi connectivity index (χ0) is 26.8. The van der Waals surface area contributed by atoms with Crippen LogP contribution in [0.4, 0.5) is 5.69 Å². The van der Waals surface area contributed by atoms with Gasteiger partial charge in [0, 0.05) is 36.5 Å². The van der Waals surface area contributed by atoms with Crippen molar-refractivity contribution >= 4 is 11.7 Å². The maximum Gasteiger partial charge on any atom is 0.303 e. The van der Waals surface area contributed by atoms with Crippen molar-refractivity contribution in [2.75, 3.05) is 4.90 Å². The lowest BCUT2D eigenvalue weighted by Crippen LogP contribution is -2.42. The van der Waals surface area contributed by atoms with E-state index >= 15 is 0 Å². The van der Waals surface area contributed by atoms with E-state index in [1.165, 1.54) is 33.5 Å². The summed E-state index contributed by atoms with van der Waals surface area (Å²) in [4.78, 5) is 13.6. The van der Waals surface area contributed by atoms with E-state index in [9.17, 15) is 4.79 Å². The molecule has 38 heavy (non-hydrogen) atoms. The van der Waals surface area contributed by atoms with Crippen LogP contribution in [0.25, 0.3) is 11.1 Å². The number of aromatic nitrogens is 2. The van der Waals surface area contributed by atoms with Crippen LogP contribution in [0.3, 0.4) is 0 Å². The Kier molecular flexibility index (Phi) is 7.37. The molecule has 0 bridgehead atoms. The van der Waals surface area contributed by atoms with Gasteiger partial charge in [0.25, 0.3) is 0 Å². The Morgan fingerprint density at radius 1 is 1.03 bits per heavy atom. The Balaban J connectivity index is 1.56. The fraction of sp³-hybridized carbons (Fsp3) is 0.333. The van der Waals surface area contributed by atoms with Gasteiger partial charge in [-0.25, -0.2) is 0 Å². The van der Waals surface area contributed by atoms with Crippen molar-refractivity contribution in [1.82, 2.24) is 9.78 Å². The molecule has 5 rings (SSSR count). The number of fused-ring (bicyclic) bond motifs is 1. The van der Waals surface area contributed by atoms with Crippen LogP contribution in [0.1, 0.15) is 73.9 Å². The average Bonchev–Trinajstić information content (AvgIpc) is 3.41. The maximum absolute atomic E-state index is 11.1. The van der Waals surface area contributed by atoms with Gasteiger partial charge in [-0.05, 0) is 78.1 Å². The summed E-state index contributed by atoms with van der Waals surface area (Å²) >= 11 is 0. The van der Waals surface area contributed by atoms with E-state index in [1.807, 2.05) is 10.9 Å². The molecule has 0 amide bonds. The summed E-state index contributed by atoms with van der Waals surface area (Å²) in [5.74, 6) is -0.270. The van der Waals surface area contributed by atoms with E-state index in [-0.39, 0.29) is 12.5 Å². The SMILES string of the molecule is CCn1cc(-c2ccc3c(c2)CC(C)N(c2ccc(C(C)C)cc2)C3c2ccc(CCC(=O)O)cc2)cn1. The fourth-order valence-corrected chi connectivity index (χ4v) is 5.63. The molecule has 2 heterocycles.